The molecule has 2 heterocycles. The Morgan fingerprint density at radius 3 is 2.61 bits per heavy atom. The zero-order valence-electron chi connectivity index (χ0n) is 14.7. The van der Waals surface area contributed by atoms with Crippen LogP contribution in [0.1, 0.15) is 5.76 Å². The molecular formula is C21H14ClFN2O2S. The Bertz CT molecular complexity index is 1110. The highest BCUT2D eigenvalue weighted by molar-refractivity contribution is 8.18. The summed E-state index contributed by atoms with van der Waals surface area (Å²) in [7, 11) is 1.61. The normalized spacial score (nSPS) is 17.1. The molecule has 0 radical (unpaired) electrons. The van der Waals surface area contributed by atoms with E-state index in [4.69, 9.17) is 16.0 Å². The minimum atomic E-state index is -0.437. The summed E-state index contributed by atoms with van der Waals surface area (Å²) in [5, 5.41) is 1.06. The number of benzene rings is 2. The molecule has 1 saturated heterocycles. The van der Waals surface area contributed by atoms with Crippen molar-refractivity contribution < 1.29 is 13.6 Å². The Hall–Kier alpha value is -2.83. The van der Waals surface area contributed by atoms with Gasteiger partial charge in [0.15, 0.2) is 5.17 Å². The first-order chi connectivity index (χ1) is 13.5. The van der Waals surface area contributed by atoms with E-state index in [1.54, 1.807) is 49.5 Å². The molecule has 0 saturated carbocycles. The quantitative estimate of drug-likeness (QED) is 0.497. The van der Waals surface area contributed by atoms with Crippen LogP contribution in [0.3, 0.4) is 0 Å². The summed E-state index contributed by atoms with van der Waals surface area (Å²) in [5.74, 6) is 0.561. The van der Waals surface area contributed by atoms with E-state index in [1.807, 2.05) is 18.2 Å². The molecule has 28 heavy (non-hydrogen) atoms. The highest BCUT2D eigenvalue weighted by atomic mass is 35.5. The van der Waals surface area contributed by atoms with Crippen LogP contribution in [0, 0.1) is 5.82 Å². The van der Waals surface area contributed by atoms with Crippen molar-refractivity contribution in [2.24, 2.45) is 4.99 Å². The van der Waals surface area contributed by atoms with Crippen LogP contribution in [0.4, 0.5) is 10.1 Å². The fraction of sp³-hybridized carbons (Fsp3) is 0.0476. The summed E-state index contributed by atoms with van der Waals surface area (Å²) >= 11 is 7.08. The SMILES string of the molecule is CN1C(=O)/C(=C\c2ccc(-c3ccc(Cl)cc3)o2)SC1=Nc1ccccc1F. The molecule has 0 N–H and O–H groups in total. The Labute approximate surface area is 170 Å². The molecule has 2 aromatic carbocycles. The van der Waals surface area contributed by atoms with Crippen LogP contribution in [0.25, 0.3) is 17.4 Å². The van der Waals surface area contributed by atoms with Crippen LogP contribution < -0.4 is 0 Å². The largest absolute Gasteiger partial charge is 0.457 e. The second-order valence-electron chi connectivity index (χ2n) is 6.03. The van der Waals surface area contributed by atoms with Crippen molar-refractivity contribution >= 4 is 46.2 Å². The summed E-state index contributed by atoms with van der Waals surface area (Å²) in [4.78, 5) is 18.6. The number of aliphatic imine (C=N–C) groups is 1. The molecule has 0 unspecified atom stereocenters. The van der Waals surface area contributed by atoms with Crippen LogP contribution in [-0.4, -0.2) is 23.0 Å². The Balaban J connectivity index is 1.60. The molecule has 1 aromatic heterocycles. The minimum absolute atomic E-state index is 0.189. The lowest BCUT2D eigenvalue weighted by Gasteiger charge is -2.07. The van der Waals surface area contributed by atoms with Crippen molar-refractivity contribution in [1.29, 1.82) is 0 Å². The molecule has 4 nitrogen and oxygen atoms in total. The van der Waals surface area contributed by atoms with E-state index in [2.05, 4.69) is 4.99 Å². The van der Waals surface area contributed by atoms with Gasteiger partial charge in [0.05, 0.1) is 4.91 Å². The van der Waals surface area contributed by atoms with E-state index in [1.165, 1.54) is 22.7 Å². The Morgan fingerprint density at radius 1 is 1.11 bits per heavy atom. The first-order valence-corrected chi connectivity index (χ1v) is 9.57. The first-order valence-electron chi connectivity index (χ1n) is 8.38. The third kappa shape index (κ3) is 3.74. The van der Waals surface area contributed by atoms with Crippen molar-refractivity contribution in [2.45, 2.75) is 0 Å². The Kier molecular flexibility index (Phi) is 5.07. The van der Waals surface area contributed by atoms with Gasteiger partial charge in [-0.3, -0.25) is 9.69 Å². The molecule has 0 aliphatic carbocycles. The molecule has 140 valence electrons. The number of hydrogen-bond donors (Lipinski definition) is 0. The zero-order chi connectivity index (χ0) is 19.7. The first kappa shape index (κ1) is 18.5. The lowest BCUT2D eigenvalue weighted by molar-refractivity contribution is -0.121. The third-order valence-electron chi connectivity index (χ3n) is 4.10. The number of carbonyl (C=O) groups is 1. The van der Waals surface area contributed by atoms with E-state index >= 15 is 0 Å². The molecular weight excluding hydrogens is 399 g/mol. The zero-order valence-corrected chi connectivity index (χ0v) is 16.3. The summed E-state index contributed by atoms with van der Waals surface area (Å²) < 4.78 is 19.7. The smallest absolute Gasteiger partial charge is 0.266 e. The number of halogens is 2. The van der Waals surface area contributed by atoms with Gasteiger partial charge in [-0.25, -0.2) is 9.38 Å². The maximum atomic E-state index is 13.8. The molecule has 0 spiro atoms. The molecule has 1 aliphatic heterocycles. The van der Waals surface area contributed by atoms with E-state index in [9.17, 15) is 9.18 Å². The van der Waals surface area contributed by atoms with Crippen LogP contribution in [0.15, 0.2) is 75.0 Å². The number of nitrogens with zero attached hydrogens (tertiary/aromatic N) is 2. The van der Waals surface area contributed by atoms with Crippen LogP contribution in [0.5, 0.6) is 0 Å². The minimum Gasteiger partial charge on any atom is -0.457 e. The highest BCUT2D eigenvalue weighted by Crippen LogP contribution is 2.34. The molecule has 0 atom stereocenters. The molecule has 4 rings (SSSR count). The number of para-hydroxylation sites is 1. The highest BCUT2D eigenvalue weighted by Gasteiger charge is 2.31. The van der Waals surface area contributed by atoms with Gasteiger partial charge in [0.2, 0.25) is 0 Å². The molecule has 3 aromatic rings. The number of amides is 1. The van der Waals surface area contributed by atoms with Crippen LogP contribution in [0.2, 0.25) is 5.02 Å². The fourth-order valence-electron chi connectivity index (χ4n) is 2.63. The second-order valence-corrected chi connectivity index (χ2v) is 7.48. The number of thioether (sulfide) groups is 1. The van der Waals surface area contributed by atoms with Crippen molar-refractivity contribution in [1.82, 2.24) is 4.90 Å². The topological polar surface area (TPSA) is 45.8 Å². The van der Waals surface area contributed by atoms with Gasteiger partial charge in [0.1, 0.15) is 23.0 Å². The molecule has 7 heteroatoms. The summed E-state index contributed by atoms with van der Waals surface area (Å²) in [5.41, 5.74) is 1.08. The molecule has 0 bridgehead atoms. The Morgan fingerprint density at radius 2 is 1.86 bits per heavy atom. The molecule has 1 aliphatic rings. The number of furan rings is 1. The average Bonchev–Trinajstić information content (AvgIpc) is 3.25. The maximum Gasteiger partial charge on any atom is 0.266 e. The monoisotopic (exact) mass is 412 g/mol. The maximum absolute atomic E-state index is 13.8. The van der Waals surface area contributed by atoms with Gasteiger partial charge >= 0.3 is 0 Å². The molecule has 1 fully saturated rings. The van der Waals surface area contributed by atoms with Crippen LogP contribution in [-0.2, 0) is 4.79 Å². The number of carbonyl (C=O) groups excluding carboxylic acids is 1. The average molecular weight is 413 g/mol. The van der Waals surface area contributed by atoms with Crippen molar-refractivity contribution in [3.63, 3.8) is 0 Å². The van der Waals surface area contributed by atoms with Crippen LogP contribution >= 0.6 is 23.4 Å². The third-order valence-corrected chi connectivity index (χ3v) is 5.41. The standard InChI is InChI=1S/C21H14ClFN2O2S/c1-25-20(26)19(28-21(25)24-17-5-3-2-4-16(17)23)12-15-10-11-18(27-15)13-6-8-14(22)9-7-13/h2-12H,1H3/b19-12+,24-21?. The fourth-order valence-corrected chi connectivity index (χ4v) is 3.71. The number of amidine groups is 1. The van der Waals surface area contributed by atoms with Gasteiger partial charge in [-0.05, 0) is 60.3 Å². The van der Waals surface area contributed by atoms with Gasteiger partial charge in [0.25, 0.3) is 5.91 Å². The lowest BCUT2D eigenvalue weighted by atomic mass is 10.2. The predicted molar refractivity (Wildman–Crippen MR) is 111 cm³/mol. The van der Waals surface area contributed by atoms with E-state index in [-0.39, 0.29) is 11.6 Å². The van der Waals surface area contributed by atoms with Gasteiger partial charge in [0, 0.05) is 23.7 Å². The van der Waals surface area contributed by atoms with Gasteiger partial charge in [-0.2, -0.15) is 0 Å². The van der Waals surface area contributed by atoms with Crippen molar-refractivity contribution in [3.8, 4) is 11.3 Å². The van der Waals surface area contributed by atoms with E-state index in [0.29, 0.717) is 26.6 Å². The summed E-state index contributed by atoms with van der Waals surface area (Å²) in [6.07, 6.45) is 1.66. The summed E-state index contributed by atoms with van der Waals surface area (Å²) in [6, 6.07) is 17.1. The number of rotatable bonds is 3. The van der Waals surface area contributed by atoms with Gasteiger partial charge in [-0.1, -0.05) is 23.7 Å². The van der Waals surface area contributed by atoms with E-state index < -0.39 is 5.82 Å². The predicted octanol–water partition coefficient (Wildman–Crippen LogP) is 5.97. The number of likely N-dealkylation sites (N-methyl/N-ethyl adjacent to an activating group) is 1. The van der Waals surface area contributed by atoms with Crippen molar-refractivity contribution in [2.75, 3.05) is 7.05 Å². The van der Waals surface area contributed by atoms with Gasteiger partial charge in [-0.15, -0.1) is 0 Å². The second kappa shape index (κ2) is 7.66. The van der Waals surface area contributed by atoms with Gasteiger partial charge < -0.3 is 4.42 Å². The number of hydrogen-bond acceptors (Lipinski definition) is 4. The molecule has 1 amide bonds. The van der Waals surface area contributed by atoms with Crippen molar-refractivity contribution in [3.05, 3.63) is 82.2 Å². The van der Waals surface area contributed by atoms with E-state index in [0.717, 1.165) is 5.56 Å². The summed E-state index contributed by atoms with van der Waals surface area (Å²) in [6.45, 7) is 0. The lowest BCUT2D eigenvalue weighted by Crippen LogP contribution is -2.23.